The smallest absolute Gasteiger partial charge is 0.195 e. The molecule has 0 spiro atoms. The summed E-state index contributed by atoms with van der Waals surface area (Å²) in [7, 11) is 0. The highest BCUT2D eigenvalue weighted by Gasteiger charge is 2.23. The van der Waals surface area contributed by atoms with Crippen LogP contribution in [0.2, 0.25) is 0 Å². The number of fused-ring (bicyclic) bond motifs is 4. The zero-order chi connectivity index (χ0) is 92.7. The molecule has 0 radical (unpaired) electrons. The van der Waals surface area contributed by atoms with E-state index in [9.17, 15) is 87.8 Å². The van der Waals surface area contributed by atoms with E-state index in [1.54, 1.807) is 153 Å². The van der Waals surface area contributed by atoms with Crippen LogP contribution in [0, 0.1) is 116 Å². The summed E-state index contributed by atoms with van der Waals surface area (Å²) in [5, 5.41) is 0.930. The van der Waals surface area contributed by atoms with Gasteiger partial charge in [-0.25, -0.2) is 87.8 Å². The van der Waals surface area contributed by atoms with Gasteiger partial charge in [-0.05, 0) is 246 Å². The second-order valence-corrected chi connectivity index (χ2v) is 30.9. The molecule has 24 heteroatoms. The molecule has 0 fully saturated rings. The van der Waals surface area contributed by atoms with Crippen molar-refractivity contribution in [2.45, 2.75) is 118 Å². The van der Waals surface area contributed by atoms with E-state index in [4.69, 9.17) is 18.9 Å². The zero-order valence-corrected chi connectivity index (χ0v) is 70.2. The number of ether oxygens (including phenoxy) is 4. The molecule has 0 aliphatic rings. The lowest BCUT2D eigenvalue weighted by Gasteiger charge is -2.11. The van der Waals surface area contributed by atoms with Crippen LogP contribution in [0.1, 0.15) is 111 Å². The number of rotatable bonds is 26. The Morgan fingerprint density at radius 3 is 0.615 bits per heavy atom. The fourth-order valence-electron chi connectivity index (χ4n) is 14.6. The molecule has 0 unspecified atom stereocenters. The lowest BCUT2D eigenvalue weighted by molar-refractivity contribution is 0.274. The molecule has 4 nitrogen and oxygen atoms in total. The van der Waals surface area contributed by atoms with Crippen LogP contribution in [0.15, 0.2) is 243 Å². The first-order valence-electron chi connectivity index (χ1n) is 41.6. The number of unbranched alkanes of at least 4 members (excludes halogenated alkanes) is 3. The van der Waals surface area contributed by atoms with Gasteiger partial charge in [0.2, 0.25) is 0 Å². The highest BCUT2D eigenvalue weighted by atomic mass is 19.2. The van der Waals surface area contributed by atoms with Crippen molar-refractivity contribution in [3.8, 4) is 67.5 Å². The normalized spacial score (nSPS) is 11.2. The van der Waals surface area contributed by atoms with Crippen molar-refractivity contribution in [2.75, 3.05) is 0 Å². The molecule has 16 aromatic carbocycles. The van der Waals surface area contributed by atoms with E-state index >= 15 is 0 Å². The molecule has 0 bridgehead atoms. The fourth-order valence-corrected chi connectivity index (χ4v) is 14.6. The maximum Gasteiger partial charge on any atom is 0.195 e. The molecule has 0 saturated carbocycles. The predicted octanol–water partition coefficient (Wildman–Crippen LogP) is 31.7. The topological polar surface area (TPSA) is 36.9 Å². The molecule has 0 aliphatic carbocycles. The average Bonchev–Trinajstić information content (AvgIpc) is 0.794. The number of hydrogen-bond acceptors (Lipinski definition) is 4. The first-order valence-corrected chi connectivity index (χ1v) is 41.6. The largest absolute Gasteiger partial charge is 0.483 e. The molecule has 668 valence electrons. The van der Waals surface area contributed by atoms with Gasteiger partial charge in [0.05, 0.1) is 0 Å². The Morgan fingerprint density at radius 2 is 0.392 bits per heavy atom. The summed E-state index contributed by atoms with van der Waals surface area (Å²) in [6.07, 6.45) is 7.79. The van der Waals surface area contributed by atoms with Crippen LogP contribution in [0.3, 0.4) is 0 Å². The lowest BCUT2D eigenvalue weighted by atomic mass is 10.00. The van der Waals surface area contributed by atoms with E-state index in [-0.39, 0.29) is 69.5 Å². The van der Waals surface area contributed by atoms with Gasteiger partial charge in [0.15, 0.2) is 139 Å². The minimum absolute atomic E-state index is 0.00638. The van der Waals surface area contributed by atoms with Crippen LogP contribution in [0.5, 0.6) is 23.0 Å². The van der Waals surface area contributed by atoms with Gasteiger partial charge >= 0.3 is 0 Å². The van der Waals surface area contributed by atoms with Crippen LogP contribution in [0.4, 0.5) is 87.8 Å². The third-order valence-electron chi connectivity index (χ3n) is 21.6. The van der Waals surface area contributed by atoms with Gasteiger partial charge in [0.25, 0.3) is 0 Å². The second-order valence-electron chi connectivity index (χ2n) is 30.9. The van der Waals surface area contributed by atoms with Crippen molar-refractivity contribution in [1.29, 1.82) is 0 Å². The minimum Gasteiger partial charge on any atom is -0.483 e. The highest BCUT2D eigenvalue weighted by molar-refractivity contribution is 5.91. The molecule has 0 atom stereocenters. The maximum atomic E-state index is 14.4. The summed E-state index contributed by atoms with van der Waals surface area (Å²) in [5.41, 5.74) is 10.8. The summed E-state index contributed by atoms with van der Waals surface area (Å²) in [6.45, 7) is 7.68. The maximum absolute atomic E-state index is 14.4. The van der Waals surface area contributed by atoms with E-state index in [0.717, 1.165) is 85.0 Å². The summed E-state index contributed by atoms with van der Waals surface area (Å²) < 4.78 is 299. The molecular weight excluding hydrogens is 1720 g/mol. The zero-order valence-electron chi connectivity index (χ0n) is 70.2. The van der Waals surface area contributed by atoms with Crippen LogP contribution in [-0.4, -0.2) is 0 Å². The van der Waals surface area contributed by atoms with Crippen molar-refractivity contribution < 1.29 is 107 Å². The molecule has 16 rings (SSSR count). The van der Waals surface area contributed by atoms with Gasteiger partial charge in [-0.3, -0.25) is 0 Å². The van der Waals surface area contributed by atoms with Crippen molar-refractivity contribution in [3.05, 3.63) is 404 Å². The highest BCUT2D eigenvalue weighted by Crippen LogP contribution is 2.38. The summed E-state index contributed by atoms with van der Waals surface area (Å²) >= 11 is 0. The summed E-state index contributed by atoms with van der Waals surface area (Å²) in [6, 6.07) is 60.3. The van der Waals surface area contributed by atoms with Gasteiger partial charge < -0.3 is 18.9 Å². The van der Waals surface area contributed by atoms with Crippen molar-refractivity contribution >= 4 is 43.1 Å². The molecule has 0 amide bonds. The van der Waals surface area contributed by atoms with E-state index < -0.39 is 139 Å². The van der Waals surface area contributed by atoms with Crippen molar-refractivity contribution in [3.63, 3.8) is 0 Å². The number of hydrogen-bond donors (Lipinski definition) is 0. The van der Waals surface area contributed by atoms with E-state index in [0.29, 0.717) is 92.4 Å². The van der Waals surface area contributed by atoms with Crippen LogP contribution >= 0.6 is 0 Å². The molecule has 0 heterocycles. The molecule has 0 saturated heterocycles. The van der Waals surface area contributed by atoms with Crippen molar-refractivity contribution in [1.82, 2.24) is 0 Å². The molecule has 16 aromatic rings. The Labute approximate surface area is 735 Å². The van der Waals surface area contributed by atoms with E-state index in [1.165, 1.54) is 72.8 Å². The number of halogens is 20. The van der Waals surface area contributed by atoms with Crippen molar-refractivity contribution in [2.24, 2.45) is 0 Å². The molecule has 130 heavy (non-hydrogen) atoms. The van der Waals surface area contributed by atoms with Gasteiger partial charge in [-0.2, -0.15) is 0 Å². The van der Waals surface area contributed by atoms with Gasteiger partial charge in [0.1, 0.15) is 26.4 Å². The summed E-state index contributed by atoms with van der Waals surface area (Å²) in [5.74, 6) is -23.4. The number of aryl methyl sites for hydroxylation is 4. The molecule has 0 N–H and O–H groups in total. The standard InChI is InChI=1S/C28H23F5O.C27H21F5O.C26H19F5O.C25H17F5O/c1-2-3-4-5-18-12-24(30)28(25(31)13-18)34-16-17-6-8-19(9-7-17)20-10-11-22-21(14-20)15-23(29)27(33)26(22)32;1-2-3-4-17-11-23(29)27(24(30)12-17)33-15-16-5-7-18(8-6-16)19-9-10-21-20(13-19)14-22(28)26(32)25(21)31;1-2-3-16-10-22(28)26(23(29)11-16)32-14-15-4-6-17(7-5-15)18-8-9-20-19(12-18)13-21(27)25(31)24(20)30;1-2-14-9-21(27)25(22(28)10-14)31-13-15-3-5-16(6-4-15)17-7-8-19-18(11-17)12-20(26)24(30)23(19)29/h6-15H,2-5,16H2,1H3;5-14H,2-4,15H2,1H3;4-13H,2-3,14H2,1H3;3-12H,2,13H2,1H3. The van der Waals surface area contributed by atoms with E-state index in [2.05, 4.69) is 6.92 Å². The quantitative estimate of drug-likeness (QED) is 0.0308. The minimum atomic E-state index is -1.50. The fraction of sp³-hybridized carbons (Fsp3) is 0.170. The Hall–Kier alpha value is -13.6. The third kappa shape index (κ3) is 22.4. The van der Waals surface area contributed by atoms with Crippen LogP contribution in [-0.2, 0) is 52.1 Å². The first kappa shape index (κ1) is 94.0. The van der Waals surface area contributed by atoms with Gasteiger partial charge in [0, 0.05) is 21.5 Å². The van der Waals surface area contributed by atoms with Gasteiger partial charge in [-0.15, -0.1) is 0 Å². The van der Waals surface area contributed by atoms with Gasteiger partial charge in [-0.1, -0.05) is 199 Å². The second kappa shape index (κ2) is 42.5. The SMILES string of the molecule is CCCCCc1cc(F)c(OCc2ccc(-c3ccc4c(F)c(F)c(F)cc4c3)cc2)c(F)c1.CCCCc1cc(F)c(OCc2ccc(-c3ccc4c(F)c(F)c(F)cc4c3)cc2)c(F)c1.CCCc1cc(F)c(OCc2ccc(-c3ccc4c(F)c(F)c(F)cc4c3)cc2)c(F)c1.CCc1cc(F)c(OCc2ccc(-c3ccc4c(F)c(F)c(F)cc4c3)cc2)c(F)c1. The molecule has 0 aromatic heterocycles. The Morgan fingerprint density at radius 1 is 0.177 bits per heavy atom. The monoisotopic (exact) mass is 1800 g/mol. The molecule has 0 aliphatic heterocycles. The Balaban J connectivity index is 0.000000148. The first-order chi connectivity index (χ1) is 62.5. The average molecular weight is 1800 g/mol. The number of benzene rings is 16. The summed E-state index contributed by atoms with van der Waals surface area (Å²) in [4.78, 5) is 0. The predicted molar refractivity (Wildman–Crippen MR) is 465 cm³/mol. The van der Waals surface area contributed by atoms with Crippen LogP contribution < -0.4 is 18.9 Å². The lowest BCUT2D eigenvalue weighted by Crippen LogP contribution is -2.01. The molecular formula is C106H80F20O4. The van der Waals surface area contributed by atoms with E-state index in [1.807, 2.05) is 13.8 Å². The Kier molecular flexibility index (Phi) is 30.7. The Bertz CT molecular complexity index is 6690. The third-order valence-corrected chi connectivity index (χ3v) is 21.6. The van der Waals surface area contributed by atoms with Crippen LogP contribution in [0.25, 0.3) is 87.6 Å².